The Hall–Kier alpha value is -3.31. The number of hydrogen-bond acceptors (Lipinski definition) is 4. The first-order chi connectivity index (χ1) is 13.1. The lowest BCUT2D eigenvalue weighted by molar-refractivity contribution is 0.103. The predicted octanol–water partition coefficient (Wildman–Crippen LogP) is 4.30. The third-order valence-electron chi connectivity index (χ3n) is 4.33. The van der Waals surface area contributed by atoms with Crippen LogP contribution in [-0.4, -0.2) is 19.2 Å². The first-order valence-electron chi connectivity index (χ1n) is 8.36. The molecule has 0 aliphatic carbocycles. The standard InChI is InChI=1S/C22H15NO3S/c24-21(16-9-3-1-4-10-16)19-15-23-20-14-8-7-13-18(20)22(19)27(25,26)17-11-5-2-6-12-17/h1-15H. The zero-order chi connectivity index (χ0) is 18.9. The van der Waals surface area contributed by atoms with E-state index in [1.807, 2.05) is 0 Å². The van der Waals surface area contributed by atoms with Gasteiger partial charge in [-0.25, -0.2) is 8.42 Å². The molecule has 0 amide bonds. The van der Waals surface area contributed by atoms with Crippen molar-refractivity contribution in [1.82, 2.24) is 4.98 Å². The summed E-state index contributed by atoms with van der Waals surface area (Å²) in [7, 11) is -3.91. The van der Waals surface area contributed by atoms with Gasteiger partial charge in [0.2, 0.25) is 9.84 Å². The SMILES string of the molecule is O=C(c1ccccc1)c1cnc2ccccc2c1S(=O)(=O)c1ccccc1. The van der Waals surface area contributed by atoms with Crippen LogP contribution in [0.1, 0.15) is 15.9 Å². The van der Waals surface area contributed by atoms with Crippen LogP contribution in [0.15, 0.2) is 101 Å². The average molecular weight is 373 g/mol. The van der Waals surface area contributed by atoms with E-state index in [-0.39, 0.29) is 21.1 Å². The van der Waals surface area contributed by atoms with Gasteiger partial charge in [-0.05, 0) is 18.2 Å². The molecule has 4 nitrogen and oxygen atoms in total. The highest BCUT2D eigenvalue weighted by molar-refractivity contribution is 7.91. The van der Waals surface area contributed by atoms with E-state index in [0.717, 1.165) is 0 Å². The van der Waals surface area contributed by atoms with Gasteiger partial charge in [-0.15, -0.1) is 0 Å². The molecule has 0 radical (unpaired) electrons. The van der Waals surface area contributed by atoms with E-state index in [1.165, 1.54) is 18.3 Å². The van der Waals surface area contributed by atoms with Gasteiger partial charge in [0, 0.05) is 17.1 Å². The van der Waals surface area contributed by atoms with E-state index in [2.05, 4.69) is 4.98 Å². The number of carbonyl (C=O) groups is 1. The van der Waals surface area contributed by atoms with Crippen LogP contribution >= 0.6 is 0 Å². The van der Waals surface area contributed by atoms with Crippen LogP contribution in [-0.2, 0) is 9.84 Å². The fourth-order valence-electron chi connectivity index (χ4n) is 3.03. The summed E-state index contributed by atoms with van der Waals surface area (Å²) < 4.78 is 26.8. The van der Waals surface area contributed by atoms with Crippen molar-refractivity contribution in [2.75, 3.05) is 0 Å². The van der Waals surface area contributed by atoms with Crippen LogP contribution in [0.4, 0.5) is 0 Å². The molecule has 3 aromatic carbocycles. The predicted molar refractivity (Wildman–Crippen MR) is 104 cm³/mol. The third-order valence-corrected chi connectivity index (χ3v) is 6.20. The maximum absolute atomic E-state index is 13.4. The van der Waals surface area contributed by atoms with Gasteiger partial charge in [0.1, 0.15) is 0 Å². The van der Waals surface area contributed by atoms with E-state index >= 15 is 0 Å². The molecule has 0 N–H and O–H groups in total. The van der Waals surface area contributed by atoms with Gasteiger partial charge in [-0.2, -0.15) is 0 Å². The van der Waals surface area contributed by atoms with Gasteiger partial charge >= 0.3 is 0 Å². The Labute approximate surface area is 157 Å². The summed E-state index contributed by atoms with van der Waals surface area (Å²) in [6, 6.07) is 23.7. The fourth-order valence-corrected chi connectivity index (χ4v) is 4.68. The summed E-state index contributed by atoms with van der Waals surface area (Å²) in [6.45, 7) is 0. The third kappa shape index (κ3) is 3.02. The van der Waals surface area contributed by atoms with Crippen LogP contribution in [0.3, 0.4) is 0 Å². The van der Waals surface area contributed by atoms with Crippen molar-refractivity contribution in [2.24, 2.45) is 0 Å². The minimum Gasteiger partial charge on any atom is -0.289 e. The Morgan fingerprint density at radius 3 is 2.04 bits per heavy atom. The molecular weight excluding hydrogens is 358 g/mol. The Morgan fingerprint density at radius 2 is 1.33 bits per heavy atom. The number of fused-ring (bicyclic) bond motifs is 1. The quantitative estimate of drug-likeness (QED) is 0.500. The summed E-state index contributed by atoms with van der Waals surface area (Å²) in [6.07, 6.45) is 1.35. The van der Waals surface area contributed by atoms with Crippen LogP contribution in [0.5, 0.6) is 0 Å². The molecule has 0 atom stereocenters. The number of pyridine rings is 1. The molecule has 0 fully saturated rings. The number of para-hydroxylation sites is 1. The minimum absolute atomic E-state index is 0.00634. The zero-order valence-electron chi connectivity index (χ0n) is 14.2. The summed E-state index contributed by atoms with van der Waals surface area (Å²) in [5.41, 5.74) is 1.01. The monoisotopic (exact) mass is 373 g/mol. The number of hydrogen-bond donors (Lipinski definition) is 0. The van der Waals surface area contributed by atoms with Crippen LogP contribution in [0, 0.1) is 0 Å². The van der Waals surface area contributed by atoms with Crippen molar-refractivity contribution in [3.05, 3.63) is 102 Å². The molecule has 4 rings (SSSR count). The molecular formula is C22H15NO3S. The first kappa shape index (κ1) is 17.1. The smallest absolute Gasteiger partial charge is 0.208 e. The van der Waals surface area contributed by atoms with Gasteiger partial charge in [0.15, 0.2) is 5.78 Å². The number of carbonyl (C=O) groups excluding carboxylic acids is 1. The Kier molecular flexibility index (Phi) is 4.30. The average Bonchev–Trinajstić information content (AvgIpc) is 2.73. The van der Waals surface area contributed by atoms with Crippen molar-refractivity contribution >= 4 is 26.5 Å². The van der Waals surface area contributed by atoms with E-state index in [9.17, 15) is 13.2 Å². The van der Waals surface area contributed by atoms with Crippen molar-refractivity contribution in [2.45, 2.75) is 9.79 Å². The Balaban J connectivity index is 2.04. The van der Waals surface area contributed by atoms with E-state index in [1.54, 1.807) is 72.8 Å². The summed E-state index contributed by atoms with van der Waals surface area (Å²) in [4.78, 5) is 17.5. The second-order valence-electron chi connectivity index (χ2n) is 6.03. The molecule has 0 bridgehead atoms. The van der Waals surface area contributed by atoms with E-state index in [0.29, 0.717) is 16.5 Å². The molecule has 0 unspecified atom stereocenters. The molecule has 0 spiro atoms. The second kappa shape index (κ2) is 6.78. The summed E-state index contributed by atoms with van der Waals surface area (Å²) >= 11 is 0. The Bertz CT molecular complexity index is 1230. The van der Waals surface area contributed by atoms with Crippen molar-refractivity contribution < 1.29 is 13.2 Å². The van der Waals surface area contributed by atoms with Gasteiger partial charge in [-0.1, -0.05) is 66.7 Å². The number of sulfone groups is 1. The number of nitrogens with zero attached hydrogens (tertiary/aromatic N) is 1. The lowest BCUT2D eigenvalue weighted by atomic mass is 10.0. The van der Waals surface area contributed by atoms with Crippen molar-refractivity contribution in [1.29, 1.82) is 0 Å². The summed E-state index contributed by atoms with van der Waals surface area (Å²) in [5, 5.41) is 0.433. The molecule has 1 heterocycles. The lowest BCUT2D eigenvalue weighted by Crippen LogP contribution is -2.12. The molecule has 0 aliphatic rings. The van der Waals surface area contributed by atoms with Gasteiger partial charge < -0.3 is 0 Å². The molecule has 27 heavy (non-hydrogen) atoms. The highest BCUT2D eigenvalue weighted by atomic mass is 32.2. The van der Waals surface area contributed by atoms with Crippen molar-refractivity contribution in [3.8, 4) is 0 Å². The Morgan fingerprint density at radius 1 is 0.741 bits per heavy atom. The molecule has 132 valence electrons. The van der Waals surface area contributed by atoms with Gasteiger partial charge in [0.25, 0.3) is 0 Å². The van der Waals surface area contributed by atoms with Crippen LogP contribution in [0.25, 0.3) is 10.9 Å². The van der Waals surface area contributed by atoms with Gasteiger partial charge in [-0.3, -0.25) is 9.78 Å². The lowest BCUT2D eigenvalue weighted by Gasteiger charge is -2.13. The number of benzene rings is 3. The highest BCUT2D eigenvalue weighted by Crippen LogP contribution is 2.31. The molecule has 0 aliphatic heterocycles. The molecule has 1 aromatic heterocycles. The largest absolute Gasteiger partial charge is 0.289 e. The van der Waals surface area contributed by atoms with E-state index in [4.69, 9.17) is 0 Å². The van der Waals surface area contributed by atoms with Crippen molar-refractivity contribution in [3.63, 3.8) is 0 Å². The minimum atomic E-state index is -3.91. The molecule has 5 heteroatoms. The fraction of sp³-hybridized carbons (Fsp3) is 0. The molecule has 0 saturated heterocycles. The van der Waals surface area contributed by atoms with Crippen LogP contribution < -0.4 is 0 Å². The number of aromatic nitrogens is 1. The number of rotatable bonds is 4. The number of ketones is 1. The first-order valence-corrected chi connectivity index (χ1v) is 9.85. The highest BCUT2D eigenvalue weighted by Gasteiger charge is 2.28. The normalized spacial score (nSPS) is 11.4. The zero-order valence-corrected chi connectivity index (χ0v) is 15.1. The van der Waals surface area contributed by atoms with Crippen LogP contribution in [0.2, 0.25) is 0 Å². The van der Waals surface area contributed by atoms with E-state index < -0.39 is 9.84 Å². The maximum atomic E-state index is 13.4. The van der Waals surface area contributed by atoms with Gasteiger partial charge in [0.05, 0.1) is 20.9 Å². The molecule has 0 saturated carbocycles. The second-order valence-corrected chi connectivity index (χ2v) is 7.92. The maximum Gasteiger partial charge on any atom is 0.208 e. The summed E-state index contributed by atoms with van der Waals surface area (Å²) in [5.74, 6) is -0.372. The topological polar surface area (TPSA) is 64.1 Å². The molecule has 4 aromatic rings.